The molecule has 0 aliphatic carbocycles. The zero-order valence-electron chi connectivity index (χ0n) is 10.4. The second kappa shape index (κ2) is 5.01. The van der Waals surface area contributed by atoms with Gasteiger partial charge in [-0.1, -0.05) is 13.8 Å². The third-order valence-electron chi connectivity index (χ3n) is 2.86. The van der Waals surface area contributed by atoms with Gasteiger partial charge in [0.15, 0.2) is 0 Å². The van der Waals surface area contributed by atoms with Crippen molar-refractivity contribution in [2.24, 2.45) is 0 Å². The maximum Gasteiger partial charge on any atom is 0.150 e. The van der Waals surface area contributed by atoms with Crippen LogP contribution in [-0.4, -0.2) is 9.78 Å². The summed E-state index contributed by atoms with van der Waals surface area (Å²) < 4.78 is 15.6. The van der Waals surface area contributed by atoms with E-state index in [-0.39, 0.29) is 0 Å². The van der Waals surface area contributed by atoms with Crippen LogP contribution in [0.3, 0.4) is 0 Å². The molecule has 1 aromatic carbocycles. The lowest BCUT2D eigenvalue weighted by atomic mass is 10.2. The fourth-order valence-corrected chi connectivity index (χ4v) is 1.86. The van der Waals surface area contributed by atoms with E-state index in [0.29, 0.717) is 11.3 Å². The number of aryl methyl sites for hydroxylation is 2. The average molecular weight is 243 g/mol. The highest BCUT2D eigenvalue weighted by Gasteiger charge is 2.11. The maximum atomic E-state index is 13.9. The van der Waals surface area contributed by atoms with Gasteiger partial charge in [-0.05, 0) is 37.1 Å². The average Bonchev–Trinajstić information content (AvgIpc) is 2.81. The molecule has 3 nitrogen and oxygen atoms in total. The summed E-state index contributed by atoms with van der Waals surface area (Å²) in [7, 11) is 0. The Morgan fingerprint density at radius 2 is 2.06 bits per heavy atom. The molecule has 1 heterocycles. The molecular weight excluding hydrogens is 229 g/mol. The number of nitriles is 1. The smallest absolute Gasteiger partial charge is 0.150 e. The van der Waals surface area contributed by atoms with Crippen LogP contribution in [0.2, 0.25) is 0 Å². The first-order valence-electron chi connectivity index (χ1n) is 5.97. The fourth-order valence-electron chi connectivity index (χ4n) is 1.86. The zero-order chi connectivity index (χ0) is 13.1. The first kappa shape index (κ1) is 12.3. The minimum absolute atomic E-state index is 0.317. The lowest BCUT2D eigenvalue weighted by Crippen LogP contribution is -2.04. The van der Waals surface area contributed by atoms with Crippen molar-refractivity contribution in [3.05, 3.63) is 47.0 Å². The Hall–Kier alpha value is -2.15. The van der Waals surface area contributed by atoms with Crippen molar-refractivity contribution in [3.63, 3.8) is 0 Å². The number of halogens is 1. The molecule has 0 unspecified atom stereocenters. The van der Waals surface area contributed by atoms with Crippen LogP contribution in [-0.2, 0) is 12.8 Å². The molecule has 0 atom stereocenters. The van der Waals surface area contributed by atoms with Gasteiger partial charge >= 0.3 is 0 Å². The Bertz CT molecular complexity index is 608. The molecule has 0 bridgehead atoms. The topological polar surface area (TPSA) is 41.6 Å². The van der Waals surface area contributed by atoms with Gasteiger partial charge in [-0.25, -0.2) is 9.07 Å². The maximum absolute atomic E-state index is 13.9. The van der Waals surface area contributed by atoms with E-state index in [1.165, 1.54) is 6.07 Å². The standard InChI is InChI=1S/C14H14FN3/c1-3-11-8-12(4-2)18(17-11)14-6-5-10(9-16)7-13(14)15/h5-8H,3-4H2,1-2H3. The summed E-state index contributed by atoms with van der Waals surface area (Å²) >= 11 is 0. The molecule has 18 heavy (non-hydrogen) atoms. The number of rotatable bonds is 3. The van der Waals surface area contributed by atoms with Crippen molar-refractivity contribution in [2.75, 3.05) is 0 Å². The summed E-state index contributed by atoms with van der Waals surface area (Å²) in [6.07, 6.45) is 1.60. The molecule has 2 rings (SSSR count). The summed E-state index contributed by atoms with van der Waals surface area (Å²) in [4.78, 5) is 0. The number of benzene rings is 1. The van der Waals surface area contributed by atoms with Crippen LogP contribution in [0.15, 0.2) is 24.3 Å². The summed E-state index contributed by atoms with van der Waals surface area (Å²) in [5.41, 5.74) is 2.62. The van der Waals surface area contributed by atoms with Crippen LogP contribution in [0, 0.1) is 17.1 Å². The van der Waals surface area contributed by atoms with Crippen molar-refractivity contribution in [1.82, 2.24) is 9.78 Å². The molecule has 0 spiro atoms. The van der Waals surface area contributed by atoms with Gasteiger partial charge in [-0.3, -0.25) is 0 Å². The molecule has 1 aromatic heterocycles. The minimum atomic E-state index is -0.422. The Morgan fingerprint density at radius 1 is 1.28 bits per heavy atom. The van der Waals surface area contributed by atoms with Crippen LogP contribution in [0.4, 0.5) is 4.39 Å². The van der Waals surface area contributed by atoms with Gasteiger partial charge in [0.05, 0.1) is 17.3 Å². The van der Waals surface area contributed by atoms with Crippen molar-refractivity contribution in [2.45, 2.75) is 26.7 Å². The summed E-state index contributed by atoms with van der Waals surface area (Å²) in [6.45, 7) is 4.02. The highest BCUT2D eigenvalue weighted by atomic mass is 19.1. The predicted molar refractivity (Wildman–Crippen MR) is 67.0 cm³/mol. The van der Waals surface area contributed by atoms with E-state index >= 15 is 0 Å². The van der Waals surface area contributed by atoms with Crippen molar-refractivity contribution in [3.8, 4) is 11.8 Å². The van der Waals surface area contributed by atoms with Crippen LogP contribution in [0.5, 0.6) is 0 Å². The van der Waals surface area contributed by atoms with Gasteiger partial charge in [0.25, 0.3) is 0 Å². The van der Waals surface area contributed by atoms with Crippen LogP contribution >= 0.6 is 0 Å². The van der Waals surface area contributed by atoms with Gasteiger partial charge in [-0.15, -0.1) is 0 Å². The quantitative estimate of drug-likeness (QED) is 0.831. The predicted octanol–water partition coefficient (Wildman–Crippen LogP) is 3.01. The van der Waals surface area contributed by atoms with E-state index in [9.17, 15) is 4.39 Å². The molecule has 4 heteroatoms. The van der Waals surface area contributed by atoms with Gasteiger partial charge in [0.2, 0.25) is 0 Å². The fraction of sp³-hybridized carbons (Fsp3) is 0.286. The number of aromatic nitrogens is 2. The molecule has 2 aromatic rings. The van der Waals surface area contributed by atoms with E-state index in [1.54, 1.807) is 16.8 Å². The largest absolute Gasteiger partial charge is 0.235 e. The van der Waals surface area contributed by atoms with Crippen molar-refractivity contribution < 1.29 is 4.39 Å². The van der Waals surface area contributed by atoms with Gasteiger partial charge in [0.1, 0.15) is 11.5 Å². The second-order valence-corrected chi connectivity index (χ2v) is 4.02. The Balaban J connectivity index is 2.54. The number of hydrogen-bond acceptors (Lipinski definition) is 2. The number of hydrogen-bond donors (Lipinski definition) is 0. The molecule has 0 saturated carbocycles. The summed E-state index contributed by atoms with van der Waals surface area (Å²) in [5, 5.41) is 13.1. The molecule has 0 fully saturated rings. The normalized spacial score (nSPS) is 10.3. The third-order valence-corrected chi connectivity index (χ3v) is 2.86. The molecule has 0 N–H and O–H groups in total. The van der Waals surface area contributed by atoms with Gasteiger partial charge in [-0.2, -0.15) is 10.4 Å². The van der Waals surface area contributed by atoms with Crippen LogP contribution < -0.4 is 0 Å². The Labute approximate surface area is 105 Å². The highest BCUT2D eigenvalue weighted by molar-refractivity contribution is 5.41. The van der Waals surface area contributed by atoms with E-state index in [4.69, 9.17) is 5.26 Å². The SMILES string of the molecule is CCc1cc(CC)n(-c2ccc(C#N)cc2F)n1. The lowest BCUT2D eigenvalue weighted by molar-refractivity contribution is 0.605. The second-order valence-electron chi connectivity index (χ2n) is 4.02. The molecule has 0 aliphatic heterocycles. The van der Waals surface area contributed by atoms with E-state index in [1.807, 2.05) is 26.0 Å². The first-order valence-corrected chi connectivity index (χ1v) is 5.97. The molecule has 0 saturated heterocycles. The van der Waals surface area contributed by atoms with Crippen LogP contribution in [0.1, 0.15) is 30.8 Å². The van der Waals surface area contributed by atoms with E-state index < -0.39 is 5.82 Å². The van der Waals surface area contributed by atoms with Crippen molar-refractivity contribution in [1.29, 1.82) is 5.26 Å². The van der Waals surface area contributed by atoms with Crippen molar-refractivity contribution >= 4 is 0 Å². The summed E-state index contributed by atoms with van der Waals surface area (Å²) in [5.74, 6) is -0.422. The minimum Gasteiger partial charge on any atom is -0.235 e. The molecule has 0 aliphatic rings. The lowest BCUT2D eigenvalue weighted by Gasteiger charge is -2.07. The Morgan fingerprint density at radius 3 is 2.61 bits per heavy atom. The van der Waals surface area contributed by atoms with Gasteiger partial charge < -0.3 is 0 Å². The monoisotopic (exact) mass is 243 g/mol. The first-order chi connectivity index (χ1) is 8.69. The molecular formula is C14H14FN3. The van der Waals surface area contributed by atoms with Crippen LogP contribution in [0.25, 0.3) is 5.69 Å². The highest BCUT2D eigenvalue weighted by Crippen LogP contribution is 2.18. The Kier molecular flexibility index (Phi) is 3.42. The molecule has 92 valence electrons. The van der Waals surface area contributed by atoms with E-state index in [0.717, 1.165) is 24.2 Å². The van der Waals surface area contributed by atoms with E-state index in [2.05, 4.69) is 5.10 Å². The van der Waals surface area contributed by atoms with Gasteiger partial charge in [0, 0.05) is 5.69 Å². The summed E-state index contributed by atoms with van der Waals surface area (Å²) in [6, 6.07) is 8.34. The third kappa shape index (κ3) is 2.12. The molecule has 0 amide bonds. The zero-order valence-corrected chi connectivity index (χ0v) is 10.4. The number of nitrogens with zero attached hydrogens (tertiary/aromatic N) is 3. The molecule has 0 radical (unpaired) electrons.